The highest BCUT2D eigenvalue weighted by atomic mass is 16.5. The Balaban J connectivity index is 0.906. The molecule has 298 valence electrons. The summed E-state index contributed by atoms with van der Waals surface area (Å²) in [4.78, 5) is 50.7. The molecule has 0 heterocycles. The normalized spacial score (nSPS) is 11.2. The number of carbonyl (C=O) groups excluding carboxylic acids is 4. The first-order chi connectivity index (χ1) is 29.1. The number of hydrogen-bond acceptors (Lipinski definition) is 10. The summed E-state index contributed by atoms with van der Waals surface area (Å²) in [5, 5.41) is 19.6. The van der Waals surface area contributed by atoms with E-state index in [0.717, 1.165) is 34.2 Å². The number of carbonyl (C=O) groups is 4. The zero-order chi connectivity index (χ0) is 42.0. The molecule has 7 aromatic rings. The molecule has 10 nitrogen and oxygen atoms in total. The van der Waals surface area contributed by atoms with Crippen LogP contribution in [-0.4, -0.2) is 34.1 Å². The number of aromatic hydroxyl groups is 1. The fourth-order valence-electron chi connectivity index (χ4n) is 6.17. The maximum atomic E-state index is 12.9. The second-order valence-corrected chi connectivity index (χ2v) is 13.7. The first kappa shape index (κ1) is 40.4. The van der Waals surface area contributed by atoms with Gasteiger partial charge in [0.2, 0.25) is 0 Å². The monoisotopic (exact) mass is 798 g/mol. The third-order valence-corrected chi connectivity index (χ3v) is 9.46. The van der Waals surface area contributed by atoms with Gasteiger partial charge < -0.3 is 29.2 Å². The smallest absolute Gasteiger partial charge is 0.343 e. The van der Waals surface area contributed by atoms with Crippen LogP contribution in [0, 0.1) is 0 Å². The predicted octanol–water partition coefficient (Wildman–Crippen LogP) is 10.4. The average molecular weight is 799 g/mol. The van der Waals surface area contributed by atoms with Gasteiger partial charge in [-0.05, 0) is 149 Å². The Morgan fingerprint density at radius 2 is 0.750 bits per heavy atom. The molecule has 60 heavy (non-hydrogen) atoms. The average Bonchev–Trinajstić information content (AvgIpc) is 3.27. The van der Waals surface area contributed by atoms with E-state index in [1.54, 1.807) is 48.5 Å². The summed E-state index contributed by atoms with van der Waals surface area (Å²) in [6, 6.07) is 46.6. The van der Waals surface area contributed by atoms with Crippen LogP contribution in [0.15, 0.2) is 170 Å². The molecule has 2 N–H and O–H groups in total. The van der Waals surface area contributed by atoms with Crippen molar-refractivity contribution in [3.05, 3.63) is 198 Å². The molecule has 10 heteroatoms. The van der Waals surface area contributed by atoms with Crippen LogP contribution in [0.5, 0.6) is 28.7 Å². The second kappa shape index (κ2) is 18.6. The molecule has 0 amide bonds. The number of benzene rings is 7. The summed E-state index contributed by atoms with van der Waals surface area (Å²) in [6.45, 7) is 1.99. The molecule has 0 spiro atoms. The summed E-state index contributed by atoms with van der Waals surface area (Å²) in [6.07, 6.45) is 0.902. The molecular formula is C50H38O10. The minimum Gasteiger partial charge on any atom is -0.508 e. The Morgan fingerprint density at radius 1 is 0.433 bits per heavy atom. The van der Waals surface area contributed by atoms with Crippen LogP contribution in [-0.2, 0) is 0 Å². The summed E-state index contributed by atoms with van der Waals surface area (Å²) >= 11 is 0. The molecule has 0 radical (unpaired) electrons. The third kappa shape index (κ3) is 10.2. The van der Waals surface area contributed by atoms with E-state index in [2.05, 4.69) is 0 Å². The van der Waals surface area contributed by atoms with Gasteiger partial charge in [0.1, 0.15) is 28.7 Å². The van der Waals surface area contributed by atoms with Crippen LogP contribution < -0.4 is 18.9 Å². The van der Waals surface area contributed by atoms with E-state index in [1.165, 1.54) is 72.8 Å². The van der Waals surface area contributed by atoms with E-state index >= 15 is 0 Å². The summed E-state index contributed by atoms with van der Waals surface area (Å²) < 4.78 is 22.0. The lowest BCUT2D eigenvalue weighted by atomic mass is 9.99. The standard InChI is InChI=1S/C50H38O10/c1-2-4-46(52)34-7-9-35(10-8-34)47(53)59-44-27-17-37(18-28-44)49(55)57-42-23-13-32(14-24-42)39-5-3-6-40(31-39)33-15-25-43(26-16-33)58-50(56)38-19-29-45(30-20-38)60-48(54)36-11-21-41(51)22-12-36/h3,5-31,46,51-52H,2,4H2,1H3. The Labute approximate surface area is 345 Å². The predicted molar refractivity (Wildman–Crippen MR) is 224 cm³/mol. The zero-order valence-corrected chi connectivity index (χ0v) is 32.3. The van der Waals surface area contributed by atoms with Crippen LogP contribution in [0.2, 0.25) is 0 Å². The van der Waals surface area contributed by atoms with Crippen molar-refractivity contribution in [2.45, 2.75) is 25.9 Å². The first-order valence-corrected chi connectivity index (χ1v) is 19.1. The van der Waals surface area contributed by atoms with Crippen LogP contribution in [0.25, 0.3) is 22.3 Å². The number of ether oxygens (including phenoxy) is 4. The lowest BCUT2D eigenvalue weighted by Gasteiger charge is -2.10. The molecule has 1 atom stereocenters. The van der Waals surface area contributed by atoms with Crippen molar-refractivity contribution in [1.82, 2.24) is 0 Å². The van der Waals surface area contributed by atoms with E-state index in [9.17, 15) is 29.4 Å². The number of phenols is 1. The molecule has 0 aliphatic heterocycles. The van der Waals surface area contributed by atoms with E-state index in [0.29, 0.717) is 23.5 Å². The highest BCUT2D eigenvalue weighted by Crippen LogP contribution is 2.30. The summed E-state index contributed by atoms with van der Waals surface area (Å²) in [5.74, 6) is -1.02. The van der Waals surface area contributed by atoms with Gasteiger partial charge in [-0.1, -0.05) is 67.9 Å². The highest BCUT2D eigenvalue weighted by Gasteiger charge is 2.15. The Morgan fingerprint density at radius 3 is 1.10 bits per heavy atom. The van der Waals surface area contributed by atoms with Gasteiger partial charge in [0.25, 0.3) is 0 Å². The van der Waals surface area contributed by atoms with Crippen molar-refractivity contribution in [2.75, 3.05) is 0 Å². The molecule has 0 saturated heterocycles. The zero-order valence-electron chi connectivity index (χ0n) is 32.3. The molecule has 0 aliphatic carbocycles. The number of hydrogen-bond donors (Lipinski definition) is 2. The van der Waals surface area contributed by atoms with Crippen molar-refractivity contribution >= 4 is 23.9 Å². The van der Waals surface area contributed by atoms with E-state index in [-0.39, 0.29) is 33.9 Å². The van der Waals surface area contributed by atoms with Gasteiger partial charge in [0.15, 0.2) is 0 Å². The quantitative estimate of drug-likeness (QED) is 0.0854. The number of phenolic OH excluding ortho intramolecular Hbond substituents is 1. The maximum absolute atomic E-state index is 12.9. The number of aliphatic hydroxyl groups is 1. The van der Waals surface area contributed by atoms with Crippen LogP contribution in [0.4, 0.5) is 0 Å². The van der Waals surface area contributed by atoms with Gasteiger partial charge in [-0.25, -0.2) is 19.2 Å². The van der Waals surface area contributed by atoms with E-state index < -0.39 is 30.0 Å². The van der Waals surface area contributed by atoms with Crippen molar-refractivity contribution in [3.63, 3.8) is 0 Å². The van der Waals surface area contributed by atoms with Crippen molar-refractivity contribution in [1.29, 1.82) is 0 Å². The topological polar surface area (TPSA) is 146 Å². The van der Waals surface area contributed by atoms with E-state index in [4.69, 9.17) is 18.9 Å². The molecule has 1 unspecified atom stereocenters. The minimum atomic E-state index is -0.597. The van der Waals surface area contributed by atoms with Crippen LogP contribution >= 0.6 is 0 Å². The SMILES string of the molecule is CCCC(O)c1ccc(C(=O)Oc2ccc(C(=O)Oc3ccc(-c4cccc(-c5ccc(OC(=O)c6ccc(OC(=O)c7ccc(O)cc7)cc6)cc5)c4)cc3)cc2)cc1. The van der Waals surface area contributed by atoms with Crippen molar-refractivity contribution in [3.8, 4) is 51.0 Å². The Bertz CT molecular complexity index is 2600. The lowest BCUT2D eigenvalue weighted by Crippen LogP contribution is -2.10. The maximum Gasteiger partial charge on any atom is 0.343 e. The van der Waals surface area contributed by atoms with E-state index in [1.807, 2.05) is 55.5 Å². The lowest BCUT2D eigenvalue weighted by molar-refractivity contribution is 0.0720. The molecule has 0 aromatic heterocycles. The van der Waals surface area contributed by atoms with Crippen molar-refractivity contribution in [2.24, 2.45) is 0 Å². The summed E-state index contributed by atoms with van der Waals surface area (Å²) in [7, 11) is 0. The van der Waals surface area contributed by atoms with Gasteiger partial charge >= 0.3 is 23.9 Å². The molecule has 0 fully saturated rings. The minimum absolute atomic E-state index is 0.0379. The van der Waals surface area contributed by atoms with Gasteiger partial charge in [0.05, 0.1) is 28.4 Å². The molecule has 0 bridgehead atoms. The van der Waals surface area contributed by atoms with Crippen molar-refractivity contribution < 1.29 is 48.3 Å². The number of aliphatic hydroxyl groups excluding tert-OH is 1. The van der Waals surface area contributed by atoms with Crippen LogP contribution in [0.3, 0.4) is 0 Å². The summed E-state index contributed by atoms with van der Waals surface area (Å²) in [5.41, 5.74) is 5.59. The largest absolute Gasteiger partial charge is 0.508 e. The highest BCUT2D eigenvalue weighted by molar-refractivity contribution is 5.94. The number of rotatable bonds is 13. The molecule has 0 aliphatic rings. The third-order valence-electron chi connectivity index (χ3n) is 9.46. The van der Waals surface area contributed by atoms with Gasteiger partial charge in [-0.2, -0.15) is 0 Å². The number of esters is 4. The fourth-order valence-corrected chi connectivity index (χ4v) is 6.17. The molecule has 0 saturated carbocycles. The van der Waals surface area contributed by atoms with Gasteiger partial charge in [-0.3, -0.25) is 0 Å². The fraction of sp³-hybridized carbons (Fsp3) is 0.0800. The Hall–Kier alpha value is -7.82. The van der Waals surface area contributed by atoms with Crippen LogP contribution in [0.1, 0.15) is 72.9 Å². The molecular weight excluding hydrogens is 761 g/mol. The Kier molecular flexibility index (Phi) is 12.5. The van der Waals surface area contributed by atoms with Gasteiger partial charge in [0, 0.05) is 0 Å². The second-order valence-electron chi connectivity index (χ2n) is 13.7. The molecule has 7 aromatic carbocycles. The molecule has 7 rings (SSSR count). The van der Waals surface area contributed by atoms with Gasteiger partial charge in [-0.15, -0.1) is 0 Å². The first-order valence-electron chi connectivity index (χ1n) is 19.1.